The number of ether oxygens (including phenoxy) is 1. The Morgan fingerprint density at radius 1 is 1.22 bits per heavy atom. The molecule has 1 amide bonds. The Morgan fingerprint density at radius 2 is 2.00 bits per heavy atom. The van der Waals surface area contributed by atoms with Crippen molar-refractivity contribution in [3.05, 3.63) is 41.6 Å². The number of fused-ring (bicyclic) bond motifs is 2. The Bertz CT molecular complexity index is 1380. The first-order chi connectivity index (χ1) is 17.8. The SMILES string of the molecule is Cc1c(-c2cc3cc(NC(=O)OC4CC5(CCN(C)CC5)C4)ncc3c(N)c2F)cnc2c1NCCC2. The van der Waals surface area contributed by atoms with E-state index in [4.69, 9.17) is 10.5 Å². The van der Waals surface area contributed by atoms with E-state index >= 15 is 4.39 Å². The number of nitrogens with zero attached hydrogens (tertiary/aromatic N) is 3. The molecule has 3 aromatic rings. The molecule has 0 radical (unpaired) electrons. The van der Waals surface area contributed by atoms with Crippen LogP contribution in [0.3, 0.4) is 0 Å². The highest BCUT2D eigenvalue weighted by Gasteiger charge is 2.47. The largest absolute Gasteiger partial charge is 0.446 e. The van der Waals surface area contributed by atoms with Gasteiger partial charge in [-0.1, -0.05) is 0 Å². The van der Waals surface area contributed by atoms with Gasteiger partial charge < -0.3 is 20.7 Å². The summed E-state index contributed by atoms with van der Waals surface area (Å²) < 4.78 is 21.1. The number of aryl methyl sites for hydroxylation is 1. The van der Waals surface area contributed by atoms with Crippen molar-refractivity contribution in [2.24, 2.45) is 5.41 Å². The Labute approximate surface area is 215 Å². The van der Waals surface area contributed by atoms with Crippen LogP contribution in [0.25, 0.3) is 21.9 Å². The maximum Gasteiger partial charge on any atom is 0.413 e. The van der Waals surface area contributed by atoms with Crippen molar-refractivity contribution in [1.82, 2.24) is 14.9 Å². The number of nitrogens with one attached hydrogen (secondary N) is 2. The molecule has 4 N–H and O–H groups in total. The second kappa shape index (κ2) is 9.13. The van der Waals surface area contributed by atoms with Gasteiger partial charge in [-0.05, 0) is 94.1 Å². The fraction of sp³-hybridized carbons (Fsp3) is 0.464. The zero-order valence-corrected chi connectivity index (χ0v) is 21.4. The predicted molar refractivity (Wildman–Crippen MR) is 143 cm³/mol. The molecule has 194 valence electrons. The molecule has 8 nitrogen and oxygen atoms in total. The van der Waals surface area contributed by atoms with E-state index < -0.39 is 11.9 Å². The van der Waals surface area contributed by atoms with Gasteiger partial charge in [-0.2, -0.15) is 0 Å². The molecule has 2 aliphatic heterocycles. The van der Waals surface area contributed by atoms with Gasteiger partial charge in [0, 0.05) is 35.5 Å². The number of amides is 1. The number of nitrogen functional groups attached to an aromatic ring is 1. The summed E-state index contributed by atoms with van der Waals surface area (Å²) in [5.74, 6) is -0.160. The third kappa shape index (κ3) is 4.35. The predicted octanol–water partition coefficient (Wildman–Crippen LogP) is 5.11. The van der Waals surface area contributed by atoms with Gasteiger partial charge in [0.05, 0.1) is 17.1 Å². The standard InChI is InChI=1S/C28H33FN6O2/c1-16-20(14-32-22-4-3-7-31-26(16)22)19-10-17-11-23(33-15-21(17)25(30)24(19)29)34-27(36)37-18-12-28(13-18)5-8-35(2)9-6-28/h10-11,14-15,18,31H,3-9,12-13,30H2,1-2H3,(H,33,34,36). The minimum atomic E-state index is -0.518. The summed E-state index contributed by atoms with van der Waals surface area (Å²) in [5, 5.41) is 7.31. The number of carbonyl (C=O) groups excluding carboxylic acids is 1. The number of carbonyl (C=O) groups is 1. The summed E-state index contributed by atoms with van der Waals surface area (Å²) >= 11 is 0. The molecule has 37 heavy (non-hydrogen) atoms. The molecule has 2 fully saturated rings. The monoisotopic (exact) mass is 504 g/mol. The van der Waals surface area contributed by atoms with Crippen LogP contribution >= 0.6 is 0 Å². The number of piperidine rings is 1. The minimum Gasteiger partial charge on any atom is -0.446 e. The van der Waals surface area contributed by atoms with Crippen molar-refractivity contribution >= 4 is 34.1 Å². The molecular weight excluding hydrogens is 471 g/mol. The van der Waals surface area contributed by atoms with E-state index in [-0.39, 0.29) is 11.8 Å². The highest BCUT2D eigenvalue weighted by atomic mass is 19.1. The maximum atomic E-state index is 15.4. The molecule has 1 aromatic carbocycles. The van der Waals surface area contributed by atoms with Gasteiger partial charge in [0.15, 0.2) is 5.82 Å². The quantitative estimate of drug-likeness (QED) is 0.426. The number of anilines is 3. The van der Waals surface area contributed by atoms with Gasteiger partial charge in [0.1, 0.15) is 11.9 Å². The van der Waals surface area contributed by atoms with E-state index in [1.165, 1.54) is 6.20 Å². The highest BCUT2D eigenvalue weighted by Crippen LogP contribution is 2.50. The molecule has 1 spiro atoms. The first-order valence-corrected chi connectivity index (χ1v) is 13.1. The Hall–Kier alpha value is -3.46. The molecule has 1 saturated heterocycles. The second-order valence-corrected chi connectivity index (χ2v) is 11.0. The fourth-order valence-electron chi connectivity index (χ4n) is 6.16. The molecule has 3 aliphatic rings. The summed E-state index contributed by atoms with van der Waals surface area (Å²) in [6.45, 7) is 5.05. The zero-order chi connectivity index (χ0) is 25.7. The van der Waals surface area contributed by atoms with Crippen molar-refractivity contribution in [3.8, 4) is 11.1 Å². The Morgan fingerprint density at radius 3 is 2.78 bits per heavy atom. The molecule has 0 unspecified atom stereocenters. The molecule has 0 bridgehead atoms. The van der Waals surface area contributed by atoms with Gasteiger partial charge in [-0.25, -0.2) is 14.2 Å². The molecule has 1 saturated carbocycles. The lowest BCUT2D eigenvalue weighted by atomic mass is 9.61. The minimum absolute atomic E-state index is 0.0251. The van der Waals surface area contributed by atoms with Crippen molar-refractivity contribution in [2.75, 3.05) is 43.0 Å². The second-order valence-electron chi connectivity index (χ2n) is 11.0. The lowest BCUT2D eigenvalue weighted by molar-refractivity contribution is -0.0676. The average molecular weight is 505 g/mol. The first-order valence-electron chi connectivity index (χ1n) is 13.1. The fourth-order valence-corrected chi connectivity index (χ4v) is 6.16. The Kier molecular flexibility index (Phi) is 5.90. The van der Waals surface area contributed by atoms with Crippen LogP contribution in [-0.2, 0) is 11.2 Å². The van der Waals surface area contributed by atoms with Gasteiger partial charge in [0.2, 0.25) is 0 Å². The van der Waals surface area contributed by atoms with Crippen LogP contribution in [0.15, 0.2) is 24.5 Å². The van der Waals surface area contributed by atoms with Crippen LogP contribution < -0.4 is 16.4 Å². The van der Waals surface area contributed by atoms with Crippen LogP contribution in [0.5, 0.6) is 0 Å². The van der Waals surface area contributed by atoms with Gasteiger partial charge >= 0.3 is 6.09 Å². The number of rotatable bonds is 3. The lowest BCUT2D eigenvalue weighted by Gasteiger charge is -2.50. The Balaban J connectivity index is 1.21. The number of nitrogens with two attached hydrogens (primary N) is 1. The number of pyridine rings is 2. The summed E-state index contributed by atoms with van der Waals surface area (Å²) in [7, 11) is 2.15. The molecule has 0 atom stereocenters. The van der Waals surface area contributed by atoms with Crippen molar-refractivity contribution in [1.29, 1.82) is 0 Å². The number of likely N-dealkylation sites (tertiary alicyclic amines) is 1. The molecule has 4 heterocycles. The van der Waals surface area contributed by atoms with Crippen LogP contribution in [0, 0.1) is 18.2 Å². The van der Waals surface area contributed by atoms with Crippen LogP contribution in [0.4, 0.5) is 26.4 Å². The summed E-state index contributed by atoms with van der Waals surface area (Å²) in [5.41, 5.74) is 10.5. The van der Waals surface area contributed by atoms with Gasteiger partial charge in [-0.15, -0.1) is 0 Å². The smallest absolute Gasteiger partial charge is 0.413 e. The number of hydrogen-bond donors (Lipinski definition) is 3. The van der Waals surface area contributed by atoms with Gasteiger partial charge in [-0.3, -0.25) is 10.3 Å². The molecule has 2 aromatic heterocycles. The highest BCUT2D eigenvalue weighted by molar-refractivity contribution is 5.99. The molecule has 6 rings (SSSR count). The first kappa shape index (κ1) is 23.9. The van der Waals surface area contributed by atoms with Crippen LogP contribution in [0.2, 0.25) is 0 Å². The van der Waals surface area contributed by atoms with Gasteiger partial charge in [0.25, 0.3) is 0 Å². The molecule has 9 heteroatoms. The van der Waals surface area contributed by atoms with E-state index in [9.17, 15) is 4.79 Å². The van der Waals surface area contributed by atoms with Crippen LogP contribution in [-0.4, -0.2) is 53.7 Å². The van der Waals surface area contributed by atoms with E-state index in [2.05, 4.69) is 32.5 Å². The topological polar surface area (TPSA) is 105 Å². The number of aromatic nitrogens is 2. The van der Waals surface area contributed by atoms with E-state index in [1.54, 1.807) is 18.3 Å². The number of hydrogen-bond acceptors (Lipinski definition) is 7. The third-order valence-corrected chi connectivity index (χ3v) is 8.47. The summed E-state index contributed by atoms with van der Waals surface area (Å²) in [6.07, 6.45) is 8.72. The summed E-state index contributed by atoms with van der Waals surface area (Å²) in [6, 6.07) is 3.45. The lowest BCUT2D eigenvalue weighted by Crippen LogP contribution is -2.49. The number of halogens is 1. The van der Waals surface area contributed by atoms with E-state index in [0.29, 0.717) is 33.1 Å². The van der Waals surface area contributed by atoms with Crippen molar-refractivity contribution < 1.29 is 13.9 Å². The number of benzene rings is 1. The van der Waals surface area contributed by atoms with Crippen LogP contribution in [0.1, 0.15) is 43.4 Å². The summed E-state index contributed by atoms with van der Waals surface area (Å²) in [4.78, 5) is 23.8. The van der Waals surface area contributed by atoms with Crippen molar-refractivity contribution in [3.63, 3.8) is 0 Å². The van der Waals surface area contributed by atoms with E-state index in [0.717, 1.165) is 75.1 Å². The third-order valence-electron chi connectivity index (χ3n) is 8.47. The maximum absolute atomic E-state index is 15.4. The normalized spacial score (nSPS) is 19.2. The van der Waals surface area contributed by atoms with E-state index in [1.807, 2.05) is 6.92 Å². The zero-order valence-electron chi connectivity index (χ0n) is 21.4. The molecule has 1 aliphatic carbocycles. The average Bonchev–Trinajstić information content (AvgIpc) is 2.87. The molecular formula is C28H33FN6O2. The van der Waals surface area contributed by atoms with Crippen molar-refractivity contribution in [2.45, 2.75) is 51.6 Å².